The van der Waals surface area contributed by atoms with E-state index in [-0.39, 0.29) is 5.97 Å². The molecule has 0 unspecified atom stereocenters. The van der Waals surface area contributed by atoms with Crippen molar-refractivity contribution in [1.29, 1.82) is 0 Å². The number of nitrogens with zero attached hydrogens (tertiary/aromatic N) is 1. The van der Waals surface area contributed by atoms with Gasteiger partial charge in [0.15, 0.2) is 0 Å². The smallest absolute Gasteiger partial charge is 0.330 e. The second-order valence-electron chi connectivity index (χ2n) is 4.51. The van der Waals surface area contributed by atoms with Crippen molar-refractivity contribution in [2.24, 2.45) is 0 Å². The van der Waals surface area contributed by atoms with E-state index >= 15 is 0 Å². The van der Waals surface area contributed by atoms with Gasteiger partial charge in [0.25, 0.3) is 0 Å². The molecule has 2 bridgehead atoms. The minimum absolute atomic E-state index is 0.170. The van der Waals surface area contributed by atoms with Gasteiger partial charge < -0.3 is 4.74 Å². The van der Waals surface area contributed by atoms with Crippen molar-refractivity contribution in [2.45, 2.75) is 44.7 Å². The lowest BCUT2D eigenvalue weighted by molar-refractivity contribution is -0.137. The highest BCUT2D eigenvalue weighted by atomic mass is 16.5. The molecule has 0 radical (unpaired) electrons. The van der Waals surface area contributed by atoms with Gasteiger partial charge in [-0.25, -0.2) is 4.79 Å². The van der Waals surface area contributed by atoms with E-state index in [1.165, 1.54) is 18.4 Å². The zero-order valence-corrected chi connectivity index (χ0v) is 9.53. The van der Waals surface area contributed by atoms with Crippen LogP contribution in [-0.4, -0.2) is 36.6 Å². The average molecular weight is 209 g/mol. The first kappa shape index (κ1) is 10.7. The van der Waals surface area contributed by atoms with Crippen LogP contribution in [0.2, 0.25) is 0 Å². The highest BCUT2D eigenvalue weighted by Crippen LogP contribution is 2.36. The second-order valence-corrected chi connectivity index (χ2v) is 4.51. The van der Waals surface area contributed by atoms with E-state index < -0.39 is 0 Å². The maximum absolute atomic E-state index is 11.3. The first-order valence-corrected chi connectivity index (χ1v) is 5.79. The lowest BCUT2D eigenvalue weighted by atomic mass is 9.97. The molecule has 2 heterocycles. The number of fused-ring (bicyclic) bond motifs is 2. The summed E-state index contributed by atoms with van der Waals surface area (Å²) in [4.78, 5) is 13.8. The van der Waals surface area contributed by atoms with Crippen LogP contribution in [0.1, 0.15) is 32.6 Å². The van der Waals surface area contributed by atoms with Gasteiger partial charge in [0, 0.05) is 18.2 Å². The predicted octanol–water partition coefficient (Wildman–Crippen LogP) is 1.73. The van der Waals surface area contributed by atoms with E-state index in [0.29, 0.717) is 18.7 Å². The van der Waals surface area contributed by atoms with Gasteiger partial charge in [-0.15, -0.1) is 0 Å². The molecule has 3 heteroatoms. The highest BCUT2D eigenvalue weighted by Gasteiger charge is 2.35. The Morgan fingerprint density at radius 3 is 2.60 bits per heavy atom. The molecule has 0 aliphatic carbocycles. The SMILES string of the molecule is CCOC(=O)/C=C1\C[C@H]2CC[C@@H](C1)N2C. The summed E-state index contributed by atoms with van der Waals surface area (Å²) in [6.45, 7) is 2.31. The van der Waals surface area contributed by atoms with Gasteiger partial charge in [-0.05, 0) is 39.7 Å². The molecule has 0 saturated carbocycles. The number of carbonyl (C=O) groups is 1. The molecule has 2 aliphatic heterocycles. The average Bonchev–Trinajstić information content (AvgIpc) is 2.43. The number of ether oxygens (including phenoxy) is 1. The number of hydrogen-bond acceptors (Lipinski definition) is 3. The Hall–Kier alpha value is -0.830. The van der Waals surface area contributed by atoms with Crippen LogP contribution in [0.3, 0.4) is 0 Å². The van der Waals surface area contributed by atoms with Gasteiger partial charge >= 0.3 is 5.97 Å². The summed E-state index contributed by atoms with van der Waals surface area (Å²) in [6, 6.07) is 1.31. The fourth-order valence-electron chi connectivity index (χ4n) is 2.74. The molecule has 2 rings (SSSR count). The monoisotopic (exact) mass is 209 g/mol. The van der Waals surface area contributed by atoms with E-state index in [1.807, 2.05) is 6.92 Å². The highest BCUT2D eigenvalue weighted by molar-refractivity contribution is 5.82. The van der Waals surface area contributed by atoms with E-state index in [9.17, 15) is 4.79 Å². The van der Waals surface area contributed by atoms with Gasteiger partial charge in [0.1, 0.15) is 0 Å². The minimum atomic E-state index is -0.170. The summed E-state index contributed by atoms with van der Waals surface area (Å²) in [7, 11) is 2.20. The van der Waals surface area contributed by atoms with Crippen LogP contribution in [0.5, 0.6) is 0 Å². The topological polar surface area (TPSA) is 29.5 Å². The summed E-state index contributed by atoms with van der Waals surface area (Å²) in [5, 5.41) is 0. The van der Waals surface area contributed by atoms with E-state index in [0.717, 1.165) is 12.8 Å². The lowest BCUT2D eigenvalue weighted by Crippen LogP contribution is -2.37. The molecule has 2 aliphatic rings. The lowest BCUT2D eigenvalue weighted by Gasteiger charge is -2.32. The second kappa shape index (κ2) is 4.35. The Balaban J connectivity index is 1.99. The molecule has 15 heavy (non-hydrogen) atoms. The van der Waals surface area contributed by atoms with Crippen LogP contribution in [-0.2, 0) is 9.53 Å². The fraction of sp³-hybridized carbons (Fsp3) is 0.750. The Kier molecular flexibility index (Phi) is 3.10. The van der Waals surface area contributed by atoms with Gasteiger partial charge in [0.05, 0.1) is 6.61 Å². The Bertz CT molecular complexity index is 269. The number of esters is 1. The molecule has 2 atom stereocenters. The molecular weight excluding hydrogens is 190 g/mol. The summed E-state index contributed by atoms with van der Waals surface area (Å²) in [5.41, 5.74) is 1.28. The maximum atomic E-state index is 11.3. The normalized spacial score (nSPS) is 33.3. The van der Waals surface area contributed by atoms with Crippen molar-refractivity contribution in [2.75, 3.05) is 13.7 Å². The van der Waals surface area contributed by atoms with Crippen LogP contribution in [0.4, 0.5) is 0 Å². The zero-order valence-electron chi connectivity index (χ0n) is 9.53. The van der Waals surface area contributed by atoms with E-state index in [2.05, 4.69) is 11.9 Å². The quantitative estimate of drug-likeness (QED) is 0.512. The summed E-state index contributed by atoms with van der Waals surface area (Å²) in [6.07, 6.45) is 6.36. The molecule has 0 N–H and O–H groups in total. The third kappa shape index (κ3) is 2.23. The van der Waals surface area contributed by atoms with Crippen LogP contribution in [0.25, 0.3) is 0 Å². The molecule has 2 fully saturated rings. The third-order valence-corrected chi connectivity index (χ3v) is 3.59. The zero-order chi connectivity index (χ0) is 10.8. The largest absolute Gasteiger partial charge is 0.463 e. The first-order chi connectivity index (χ1) is 7.20. The van der Waals surface area contributed by atoms with Gasteiger partial charge in [-0.3, -0.25) is 4.90 Å². The number of piperidine rings is 1. The molecule has 3 nitrogen and oxygen atoms in total. The molecule has 0 amide bonds. The maximum Gasteiger partial charge on any atom is 0.330 e. The van der Waals surface area contributed by atoms with Gasteiger partial charge in [-0.1, -0.05) is 5.57 Å². The minimum Gasteiger partial charge on any atom is -0.463 e. The van der Waals surface area contributed by atoms with Crippen molar-refractivity contribution in [3.63, 3.8) is 0 Å². The first-order valence-electron chi connectivity index (χ1n) is 5.79. The van der Waals surface area contributed by atoms with Crippen molar-refractivity contribution in [3.8, 4) is 0 Å². The molecule has 0 spiro atoms. The molecule has 0 aromatic rings. The van der Waals surface area contributed by atoms with Crippen LogP contribution in [0, 0.1) is 0 Å². The molecule has 0 aromatic heterocycles. The standard InChI is InChI=1S/C12H19NO2/c1-3-15-12(14)8-9-6-10-4-5-11(7-9)13(10)2/h8,10-11H,3-7H2,1-2H3/b9-8-/t10-,11+/m0/s1. The fourth-order valence-corrected chi connectivity index (χ4v) is 2.74. The summed E-state index contributed by atoms with van der Waals surface area (Å²) < 4.78 is 4.93. The summed E-state index contributed by atoms with van der Waals surface area (Å²) in [5.74, 6) is -0.170. The number of hydrogen-bond donors (Lipinski definition) is 0. The van der Waals surface area contributed by atoms with Gasteiger partial charge in [0.2, 0.25) is 0 Å². The number of rotatable bonds is 2. The molecule has 84 valence electrons. The van der Waals surface area contributed by atoms with Crippen LogP contribution in [0.15, 0.2) is 11.6 Å². The van der Waals surface area contributed by atoms with Crippen molar-refractivity contribution < 1.29 is 9.53 Å². The van der Waals surface area contributed by atoms with E-state index in [1.54, 1.807) is 6.08 Å². The van der Waals surface area contributed by atoms with Crippen molar-refractivity contribution in [3.05, 3.63) is 11.6 Å². The Morgan fingerprint density at radius 1 is 1.47 bits per heavy atom. The van der Waals surface area contributed by atoms with Crippen LogP contribution < -0.4 is 0 Å². The Labute approximate surface area is 91.1 Å². The molecule has 2 saturated heterocycles. The van der Waals surface area contributed by atoms with Crippen molar-refractivity contribution >= 4 is 5.97 Å². The summed E-state index contributed by atoms with van der Waals surface area (Å²) >= 11 is 0. The Morgan fingerprint density at radius 2 is 2.07 bits per heavy atom. The predicted molar refractivity (Wildman–Crippen MR) is 58.5 cm³/mol. The number of carbonyl (C=O) groups excluding carboxylic acids is 1. The van der Waals surface area contributed by atoms with E-state index in [4.69, 9.17) is 4.74 Å². The van der Waals surface area contributed by atoms with Crippen molar-refractivity contribution in [1.82, 2.24) is 4.90 Å². The third-order valence-electron chi connectivity index (χ3n) is 3.59. The van der Waals surface area contributed by atoms with Crippen LogP contribution >= 0.6 is 0 Å². The van der Waals surface area contributed by atoms with Gasteiger partial charge in [-0.2, -0.15) is 0 Å². The molecule has 0 aromatic carbocycles. The molecular formula is C12H19NO2.